The number of aromatic nitrogens is 2. The first-order valence-corrected chi connectivity index (χ1v) is 7.90. The Hall–Kier alpha value is -2.35. The van der Waals surface area contributed by atoms with Gasteiger partial charge in [0.25, 0.3) is 0 Å². The molecule has 2 heterocycles. The molecule has 2 atom stereocenters. The lowest BCUT2D eigenvalue weighted by molar-refractivity contribution is -0.140. The Morgan fingerprint density at radius 1 is 1.40 bits per heavy atom. The van der Waals surface area contributed by atoms with Crippen LogP contribution in [0.4, 0.5) is 13.2 Å². The molecule has 0 unspecified atom stereocenters. The van der Waals surface area contributed by atoms with Gasteiger partial charge in [-0.3, -0.25) is 4.79 Å². The standard InChI is InChI=1S/C17H18F3N3O2/c1-10-14(22-9-21-10)7-16(25)23-8-11(24)6-15(23)12-4-2-3-5-13(12)17(18,19)20/h2-5,9,11,15,24H,6-8H2,1H3,(H,21,22)/t11-,15-/m1/s1. The Morgan fingerprint density at radius 3 is 2.76 bits per heavy atom. The molecule has 0 spiro atoms. The molecule has 0 bridgehead atoms. The molecule has 2 N–H and O–H groups in total. The van der Waals surface area contributed by atoms with Crippen LogP contribution in [0.5, 0.6) is 0 Å². The average molecular weight is 353 g/mol. The summed E-state index contributed by atoms with van der Waals surface area (Å²) in [4.78, 5) is 20.9. The van der Waals surface area contributed by atoms with Gasteiger partial charge < -0.3 is 15.0 Å². The Morgan fingerprint density at radius 2 is 2.12 bits per heavy atom. The highest BCUT2D eigenvalue weighted by atomic mass is 19.4. The van der Waals surface area contributed by atoms with Crippen LogP contribution in [0, 0.1) is 6.92 Å². The van der Waals surface area contributed by atoms with Gasteiger partial charge in [0, 0.05) is 12.2 Å². The monoisotopic (exact) mass is 353 g/mol. The van der Waals surface area contributed by atoms with E-state index < -0.39 is 23.9 Å². The van der Waals surface area contributed by atoms with Crippen molar-refractivity contribution < 1.29 is 23.1 Å². The van der Waals surface area contributed by atoms with Crippen LogP contribution in [0.25, 0.3) is 0 Å². The first kappa shape index (κ1) is 17.5. The lowest BCUT2D eigenvalue weighted by Gasteiger charge is -2.27. The zero-order valence-electron chi connectivity index (χ0n) is 13.5. The first-order valence-electron chi connectivity index (χ1n) is 7.90. The average Bonchev–Trinajstić information content (AvgIpc) is 3.13. The number of nitrogens with zero attached hydrogens (tertiary/aromatic N) is 2. The number of halogens is 3. The SMILES string of the molecule is Cc1[nH]cnc1CC(=O)N1C[C@H](O)C[C@@H]1c1ccccc1C(F)(F)F. The van der Waals surface area contributed by atoms with Crippen molar-refractivity contribution in [2.45, 2.75) is 38.1 Å². The summed E-state index contributed by atoms with van der Waals surface area (Å²) in [5, 5.41) is 9.96. The minimum absolute atomic E-state index is 0.0126. The highest BCUT2D eigenvalue weighted by molar-refractivity contribution is 5.79. The van der Waals surface area contributed by atoms with E-state index in [1.807, 2.05) is 0 Å². The fraction of sp³-hybridized carbons (Fsp3) is 0.412. The number of benzene rings is 1. The van der Waals surface area contributed by atoms with Crippen molar-refractivity contribution in [2.24, 2.45) is 0 Å². The van der Waals surface area contributed by atoms with Gasteiger partial charge in [-0.25, -0.2) is 4.98 Å². The Balaban J connectivity index is 1.90. The molecule has 1 aliphatic rings. The Labute approximate surface area is 142 Å². The van der Waals surface area contributed by atoms with E-state index in [0.717, 1.165) is 11.8 Å². The summed E-state index contributed by atoms with van der Waals surface area (Å²) in [7, 11) is 0. The van der Waals surface area contributed by atoms with Crippen LogP contribution in [-0.2, 0) is 17.4 Å². The van der Waals surface area contributed by atoms with Gasteiger partial charge in [0.15, 0.2) is 0 Å². The molecule has 134 valence electrons. The molecule has 0 radical (unpaired) electrons. The predicted octanol–water partition coefficient (Wildman–Crippen LogP) is 2.61. The van der Waals surface area contributed by atoms with Crippen LogP contribution in [0.15, 0.2) is 30.6 Å². The Bertz CT molecular complexity index is 772. The molecule has 1 saturated heterocycles. The van der Waals surface area contributed by atoms with Crippen LogP contribution >= 0.6 is 0 Å². The van der Waals surface area contributed by atoms with Crippen LogP contribution in [0.1, 0.15) is 35.0 Å². The van der Waals surface area contributed by atoms with E-state index in [2.05, 4.69) is 9.97 Å². The van der Waals surface area contributed by atoms with Gasteiger partial charge in [-0.1, -0.05) is 18.2 Å². The minimum Gasteiger partial charge on any atom is -0.391 e. The van der Waals surface area contributed by atoms with Crippen LogP contribution < -0.4 is 0 Å². The summed E-state index contributed by atoms with van der Waals surface area (Å²) >= 11 is 0. The molecule has 0 aliphatic carbocycles. The van der Waals surface area contributed by atoms with Gasteiger partial charge in [0.1, 0.15) is 0 Å². The molecule has 5 nitrogen and oxygen atoms in total. The quantitative estimate of drug-likeness (QED) is 0.891. The normalized spacial score (nSPS) is 20.9. The lowest BCUT2D eigenvalue weighted by atomic mass is 9.97. The number of imidazole rings is 1. The number of aliphatic hydroxyl groups excluding tert-OH is 1. The smallest absolute Gasteiger partial charge is 0.391 e. The third kappa shape index (κ3) is 3.53. The number of β-amino-alcohol motifs (C(OH)–C–C–N with tert-alkyl or cyclic N) is 1. The third-order valence-electron chi connectivity index (χ3n) is 4.48. The maximum Gasteiger partial charge on any atom is 0.416 e. The minimum atomic E-state index is -4.52. The number of rotatable bonds is 3. The molecular weight excluding hydrogens is 335 g/mol. The summed E-state index contributed by atoms with van der Waals surface area (Å²) < 4.78 is 39.9. The molecule has 1 aromatic heterocycles. The van der Waals surface area contributed by atoms with Crippen molar-refractivity contribution >= 4 is 5.91 Å². The number of likely N-dealkylation sites (tertiary alicyclic amines) is 1. The topological polar surface area (TPSA) is 69.2 Å². The zero-order valence-corrected chi connectivity index (χ0v) is 13.5. The van der Waals surface area contributed by atoms with E-state index in [1.165, 1.54) is 29.4 Å². The number of aryl methyl sites for hydroxylation is 1. The summed E-state index contributed by atoms with van der Waals surface area (Å²) in [5.74, 6) is -0.353. The van der Waals surface area contributed by atoms with Crippen molar-refractivity contribution in [2.75, 3.05) is 6.54 Å². The van der Waals surface area contributed by atoms with Gasteiger partial charge in [-0.2, -0.15) is 13.2 Å². The number of nitrogens with one attached hydrogen (secondary N) is 1. The highest BCUT2D eigenvalue weighted by Gasteiger charge is 2.41. The number of aliphatic hydroxyl groups is 1. The molecule has 25 heavy (non-hydrogen) atoms. The van der Waals surface area contributed by atoms with E-state index in [-0.39, 0.29) is 30.9 Å². The third-order valence-corrected chi connectivity index (χ3v) is 4.48. The fourth-order valence-electron chi connectivity index (χ4n) is 3.24. The number of hydrogen-bond donors (Lipinski definition) is 2. The van der Waals surface area contributed by atoms with E-state index in [0.29, 0.717) is 5.69 Å². The Kier molecular flexibility index (Phi) is 4.55. The summed E-state index contributed by atoms with van der Waals surface area (Å²) in [6, 6.07) is 4.39. The molecule has 3 rings (SSSR count). The number of H-pyrrole nitrogens is 1. The largest absolute Gasteiger partial charge is 0.416 e. The molecular formula is C17H18F3N3O2. The van der Waals surface area contributed by atoms with E-state index >= 15 is 0 Å². The number of hydrogen-bond acceptors (Lipinski definition) is 3. The molecule has 2 aromatic rings. The fourth-order valence-corrected chi connectivity index (χ4v) is 3.24. The molecule has 1 amide bonds. The predicted molar refractivity (Wildman–Crippen MR) is 83.6 cm³/mol. The van der Waals surface area contributed by atoms with E-state index in [4.69, 9.17) is 0 Å². The number of carbonyl (C=O) groups excluding carboxylic acids is 1. The second-order valence-electron chi connectivity index (χ2n) is 6.19. The molecule has 0 saturated carbocycles. The summed E-state index contributed by atoms with van der Waals surface area (Å²) in [6.45, 7) is 1.78. The highest BCUT2D eigenvalue weighted by Crippen LogP contribution is 2.40. The van der Waals surface area contributed by atoms with Gasteiger partial charge in [-0.05, 0) is 25.0 Å². The maximum atomic E-state index is 13.3. The van der Waals surface area contributed by atoms with Gasteiger partial charge >= 0.3 is 6.18 Å². The molecule has 1 aromatic carbocycles. The van der Waals surface area contributed by atoms with Crippen molar-refractivity contribution in [3.63, 3.8) is 0 Å². The van der Waals surface area contributed by atoms with Crippen molar-refractivity contribution in [1.82, 2.24) is 14.9 Å². The van der Waals surface area contributed by atoms with E-state index in [1.54, 1.807) is 6.92 Å². The van der Waals surface area contributed by atoms with Crippen LogP contribution in [-0.4, -0.2) is 38.5 Å². The number of carbonyl (C=O) groups is 1. The van der Waals surface area contributed by atoms with Crippen molar-refractivity contribution in [3.05, 3.63) is 53.1 Å². The van der Waals surface area contributed by atoms with Crippen molar-refractivity contribution in [1.29, 1.82) is 0 Å². The van der Waals surface area contributed by atoms with Gasteiger partial charge in [0.2, 0.25) is 5.91 Å². The second kappa shape index (κ2) is 6.51. The lowest BCUT2D eigenvalue weighted by Crippen LogP contribution is -2.34. The van der Waals surface area contributed by atoms with E-state index in [9.17, 15) is 23.1 Å². The second-order valence-corrected chi connectivity index (χ2v) is 6.19. The van der Waals surface area contributed by atoms with Crippen LogP contribution in [0.3, 0.4) is 0 Å². The maximum absolute atomic E-state index is 13.3. The van der Waals surface area contributed by atoms with Gasteiger partial charge in [-0.15, -0.1) is 0 Å². The van der Waals surface area contributed by atoms with Gasteiger partial charge in [0.05, 0.1) is 36.2 Å². The number of aromatic amines is 1. The summed E-state index contributed by atoms with van der Waals surface area (Å²) in [5.41, 5.74) is 0.524. The molecule has 1 aliphatic heterocycles. The van der Waals surface area contributed by atoms with Crippen molar-refractivity contribution in [3.8, 4) is 0 Å². The number of alkyl halides is 3. The molecule has 1 fully saturated rings. The zero-order chi connectivity index (χ0) is 18.2. The van der Waals surface area contributed by atoms with Crippen LogP contribution in [0.2, 0.25) is 0 Å². The first-order chi connectivity index (χ1) is 11.8. The number of amides is 1. The molecule has 8 heteroatoms. The summed E-state index contributed by atoms with van der Waals surface area (Å²) in [6.07, 6.45) is -3.84.